The van der Waals surface area contributed by atoms with Gasteiger partial charge in [0.1, 0.15) is 22.2 Å². The minimum atomic E-state index is 0.392. The van der Waals surface area contributed by atoms with Crippen molar-refractivity contribution in [3.05, 3.63) is 36.2 Å². The van der Waals surface area contributed by atoms with Crippen LogP contribution in [-0.4, -0.2) is 46.2 Å². The van der Waals surface area contributed by atoms with E-state index in [-0.39, 0.29) is 0 Å². The summed E-state index contributed by atoms with van der Waals surface area (Å²) in [5, 5.41) is 0.870. The van der Waals surface area contributed by atoms with Crippen molar-refractivity contribution in [1.29, 1.82) is 0 Å². The zero-order chi connectivity index (χ0) is 19.8. The van der Waals surface area contributed by atoms with Crippen LogP contribution in [0.1, 0.15) is 24.8 Å². The lowest BCUT2D eigenvalue weighted by atomic mass is 9.78. The third-order valence-electron chi connectivity index (χ3n) is 6.11. The quantitative estimate of drug-likeness (QED) is 0.705. The molecule has 3 aromatic rings. The van der Waals surface area contributed by atoms with Gasteiger partial charge in [0.15, 0.2) is 5.65 Å². The molecule has 0 bridgehead atoms. The second-order valence-electron chi connectivity index (χ2n) is 7.93. The number of aromatic nitrogens is 4. The van der Waals surface area contributed by atoms with E-state index in [0.717, 1.165) is 66.0 Å². The van der Waals surface area contributed by atoms with Gasteiger partial charge < -0.3 is 15.4 Å². The first-order valence-electron chi connectivity index (χ1n) is 9.97. The minimum Gasteiger partial charge on any atom is -0.383 e. The number of pyridine rings is 2. The van der Waals surface area contributed by atoms with Gasteiger partial charge in [-0.25, -0.2) is 19.9 Å². The van der Waals surface area contributed by atoms with Crippen molar-refractivity contribution in [2.75, 3.05) is 36.9 Å². The Bertz CT molecular complexity index is 1040. The third kappa shape index (κ3) is 3.62. The summed E-state index contributed by atoms with van der Waals surface area (Å²) < 4.78 is 5.64. The summed E-state index contributed by atoms with van der Waals surface area (Å²) in [5.74, 6) is 1.49. The summed E-state index contributed by atoms with van der Waals surface area (Å²) in [6.45, 7) is 5.81. The van der Waals surface area contributed by atoms with Crippen LogP contribution in [0.15, 0.2) is 40.5 Å². The number of fused-ring (bicyclic) bond motifs is 1. The molecule has 5 heterocycles. The summed E-state index contributed by atoms with van der Waals surface area (Å²) in [5.41, 5.74) is 8.76. The lowest BCUT2D eigenvalue weighted by Gasteiger charge is -2.38. The lowest BCUT2D eigenvalue weighted by Crippen LogP contribution is -2.40. The first-order valence-corrected chi connectivity index (χ1v) is 10.8. The average molecular weight is 409 g/mol. The van der Waals surface area contributed by atoms with Gasteiger partial charge in [0, 0.05) is 36.4 Å². The van der Waals surface area contributed by atoms with Crippen LogP contribution < -0.4 is 10.6 Å². The fourth-order valence-electron chi connectivity index (χ4n) is 4.10. The number of nitrogens with zero attached hydrogens (tertiary/aromatic N) is 5. The molecule has 150 valence electrons. The maximum absolute atomic E-state index is 5.91. The highest BCUT2D eigenvalue weighted by molar-refractivity contribution is 7.99. The summed E-state index contributed by atoms with van der Waals surface area (Å²) in [6.07, 6.45) is 7.09. The van der Waals surface area contributed by atoms with E-state index in [9.17, 15) is 0 Å². The maximum Gasteiger partial charge on any atom is 0.179 e. The highest BCUT2D eigenvalue weighted by Crippen LogP contribution is 2.40. The number of hydrogen-bond acceptors (Lipinski definition) is 8. The van der Waals surface area contributed by atoms with Crippen LogP contribution in [0.2, 0.25) is 0 Å². The average Bonchev–Trinajstić information content (AvgIpc) is 3.19. The van der Waals surface area contributed by atoms with Crippen molar-refractivity contribution in [1.82, 2.24) is 19.9 Å². The number of nitrogen functional groups attached to an aromatic ring is 1. The number of piperidine rings is 1. The van der Waals surface area contributed by atoms with Gasteiger partial charge in [-0.3, -0.25) is 0 Å². The Labute approximate surface area is 174 Å². The SMILES string of the molecule is Cc1c(Sc2ccc3nc(N4CCC5(CCOC5)CC4)cnc3n2)ccnc1N. The van der Waals surface area contributed by atoms with Crippen molar-refractivity contribution < 1.29 is 4.74 Å². The van der Waals surface area contributed by atoms with Crippen molar-refractivity contribution in [3.8, 4) is 0 Å². The van der Waals surface area contributed by atoms with Crippen LogP contribution in [0.5, 0.6) is 0 Å². The molecule has 29 heavy (non-hydrogen) atoms. The van der Waals surface area contributed by atoms with Crippen LogP contribution in [-0.2, 0) is 4.74 Å². The van der Waals surface area contributed by atoms with Gasteiger partial charge in [-0.2, -0.15) is 0 Å². The molecule has 7 nitrogen and oxygen atoms in total. The normalized spacial score (nSPS) is 18.6. The Morgan fingerprint density at radius 3 is 2.76 bits per heavy atom. The lowest BCUT2D eigenvalue weighted by molar-refractivity contribution is 0.133. The topological polar surface area (TPSA) is 90.0 Å². The number of hydrogen-bond donors (Lipinski definition) is 1. The number of rotatable bonds is 3. The molecule has 0 aromatic carbocycles. The molecule has 2 fully saturated rings. The highest BCUT2D eigenvalue weighted by atomic mass is 32.2. The molecule has 0 unspecified atom stereocenters. The largest absolute Gasteiger partial charge is 0.383 e. The Morgan fingerprint density at radius 2 is 1.97 bits per heavy atom. The van der Waals surface area contributed by atoms with Crippen LogP contribution >= 0.6 is 11.8 Å². The third-order valence-corrected chi connectivity index (χ3v) is 7.21. The van der Waals surface area contributed by atoms with E-state index in [1.807, 2.05) is 31.3 Å². The fourth-order valence-corrected chi connectivity index (χ4v) is 4.98. The van der Waals surface area contributed by atoms with Crippen LogP contribution in [0.4, 0.5) is 11.6 Å². The predicted molar refractivity (Wildman–Crippen MR) is 114 cm³/mol. The van der Waals surface area contributed by atoms with E-state index < -0.39 is 0 Å². The summed E-state index contributed by atoms with van der Waals surface area (Å²) in [6, 6.07) is 5.94. The number of anilines is 2. The first kappa shape index (κ1) is 18.6. The smallest absolute Gasteiger partial charge is 0.179 e. The number of ether oxygens (including phenoxy) is 1. The molecule has 0 atom stereocenters. The molecule has 2 aliphatic heterocycles. The van der Waals surface area contributed by atoms with Gasteiger partial charge in [-0.1, -0.05) is 11.8 Å². The number of nitrogens with two attached hydrogens (primary N) is 1. The molecule has 2 aliphatic rings. The van der Waals surface area contributed by atoms with Crippen molar-refractivity contribution in [2.24, 2.45) is 5.41 Å². The molecule has 5 rings (SSSR count). The van der Waals surface area contributed by atoms with E-state index >= 15 is 0 Å². The second-order valence-corrected chi connectivity index (χ2v) is 8.99. The molecule has 2 saturated heterocycles. The molecular formula is C21H24N6OS. The Kier molecular flexibility index (Phi) is 4.75. The van der Waals surface area contributed by atoms with Gasteiger partial charge in [0.25, 0.3) is 0 Å². The summed E-state index contributed by atoms with van der Waals surface area (Å²) in [4.78, 5) is 21.6. The molecule has 1 spiro atoms. The molecule has 0 saturated carbocycles. The predicted octanol–water partition coefficient (Wildman–Crippen LogP) is 3.47. The van der Waals surface area contributed by atoms with E-state index in [1.165, 1.54) is 6.42 Å². The summed E-state index contributed by atoms with van der Waals surface area (Å²) >= 11 is 1.56. The van der Waals surface area contributed by atoms with Gasteiger partial charge in [-0.05, 0) is 49.8 Å². The van der Waals surface area contributed by atoms with E-state index in [1.54, 1.807) is 18.0 Å². The fraction of sp³-hybridized carbons (Fsp3) is 0.429. The Hall–Kier alpha value is -2.45. The Morgan fingerprint density at radius 1 is 1.10 bits per heavy atom. The van der Waals surface area contributed by atoms with Crippen LogP contribution in [0.25, 0.3) is 11.2 Å². The minimum absolute atomic E-state index is 0.392. The van der Waals surface area contributed by atoms with Crippen LogP contribution in [0, 0.1) is 12.3 Å². The van der Waals surface area contributed by atoms with Gasteiger partial charge >= 0.3 is 0 Å². The molecular weight excluding hydrogens is 384 g/mol. The van der Waals surface area contributed by atoms with E-state index in [0.29, 0.717) is 16.9 Å². The monoisotopic (exact) mass is 408 g/mol. The Balaban J connectivity index is 1.34. The van der Waals surface area contributed by atoms with Crippen molar-refractivity contribution in [3.63, 3.8) is 0 Å². The first-order chi connectivity index (χ1) is 14.1. The van der Waals surface area contributed by atoms with E-state index in [4.69, 9.17) is 15.5 Å². The standard InChI is InChI=1S/C21H24N6OS/c1-14-16(4-8-23-19(14)22)29-18-3-2-15-20(26-18)24-12-17(25-15)27-9-5-21(6-10-27)7-11-28-13-21/h2-4,8,12H,5-7,9-11,13H2,1H3,(H2,22,23). The maximum atomic E-state index is 5.91. The van der Waals surface area contributed by atoms with Crippen LogP contribution in [0.3, 0.4) is 0 Å². The van der Waals surface area contributed by atoms with Crippen molar-refractivity contribution >= 4 is 34.6 Å². The van der Waals surface area contributed by atoms with E-state index in [2.05, 4.69) is 19.9 Å². The second kappa shape index (κ2) is 7.42. The van der Waals surface area contributed by atoms with Crippen molar-refractivity contribution in [2.45, 2.75) is 36.1 Å². The van der Waals surface area contributed by atoms with Gasteiger partial charge in [-0.15, -0.1) is 0 Å². The zero-order valence-corrected chi connectivity index (χ0v) is 17.3. The zero-order valence-electron chi connectivity index (χ0n) is 16.5. The van der Waals surface area contributed by atoms with Gasteiger partial charge in [0.2, 0.25) is 0 Å². The summed E-state index contributed by atoms with van der Waals surface area (Å²) in [7, 11) is 0. The molecule has 3 aromatic heterocycles. The molecule has 0 aliphatic carbocycles. The molecule has 0 amide bonds. The molecule has 8 heteroatoms. The molecule has 0 radical (unpaired) electrons. The molecule has 2 N–H and O–H groups in total. The highest BCUT2D eigenvalue weighted by Gasteiger charge is 2.38. The van der Waals surface area contributed by atoms with Gasteiger partial charge in [0.05, 0.1) is 12.8 Å².